The van der Waals surface area contributed by atoms with Crippen LogP contribution in [0.5, 0.6) is 0 Å². The lowest BCUT2D eigenvalue weighted by molar-refractivity contribution is -0.385. The number of nitro benzene ring substituents is 1. The fraction of sp³-hybridized carbons (Fsp3) is 0. The maximum Gasteiger partial charge on any atom is 0.307 e. The van der Waals surface area contributed by atoms with Gasteiger partial charge in [-0.1, -0.05) is 28.1 Å². The van der Waals surface area contributed by atoms with Gasteiger partial charge in [0.05, 0.1) is 15.0 Å². The average molecular weight is 493 g/mol. The number of furan rings is 1. The number of hydrazone groups is 1. The monoisotopic (exact) mass is 491 g/mol. The number of halogens is 2. The smallest absolute Gasteiger partial charge is 0.307 e. The summed E-state index contributed by atoms with van der Waals surface area (Å²) >= 11 is 6.76. The average Bonchev–Trinajstić information content (AvgIpc) is 3.06. The van der Waals surface area contributed by atoms with E-state index in [1.54, 1.807) is 24.3 Å². The number of hydrogen-bond acceptors (Lipinski definition) is 5. The summed E-state index contributed by atoms with van der Waals surface area (Å²) in [4.78, 5) is 22.6. The molecule has 9 heteroatoms. The zero-order valence-corrected chi connectivity index (χ0v) is 16.7. The molecule has 0 aliphatic rings. The van der Waals surface area contributed by atoms with Gasteiger partial charge in [-0.3, -0.25) is 14.9 Å². The van der Waals surface area contributed by atoms with Crippen LogP contribution in [0.3, 0.4) is 0 Å². The van der Waals surface area contributed by atoms with Crippen molar-refractivity contribution in [1.29, 1.82) is 0 Å². The van der Waals surface area contributed by atoms with Gasteiger partial charge in [0, 0.05) is 22.1 Å². The van der Waals surface area contributed by atoms with Crippen molar-refractivity contribution in [3.63, 3.8) is 0 Å². The Bertz CT molecular complexity index is 1090. The Morgan fingerprint density at radius 3 is 2.78 bits per heavy atom. The molecule has 136 valence electrons. The van der Waals surface area contributed by atoms with Gasteiger partial charge in [-0.25, -0.2) is 5.43 Å². The van der Waals surface area contributed by atoms with Crippen LogP contribution in [-0.4, -0.2) is 17.0 Å². The molecule has 0 unspecified atom stereocenters. The number of amides is 1. The SMILES string of the molecule is O=C(N/N=C\C=C\c1ccccc1[N+](=O)[O-])c1cc2cc(Br)cc(Br)c2o1. The summed E-state index contributed by atoms with van der Waals surface area (Å²) in [5.41, 5.74) is 3.33. The highest BCUT2D eigenvalue weighted by Gasteiger charge is 2.14. The van der Waals surface area contributed by atoms with Gasteiger partial charge >= 0.3 is 5.91 Å². The van der Waals surface area contributed by atoms with Crippen molar-refractivity contribution < 1.29 is 14.1 Å². The lowest BCUT2D eigenvalue weighted by Gasteiger charge is -1.96. The Hall–Kier alpha value is -2.78. The molecule has 0 bridgehead atoms. The third-order valence-electron chi connectivity index (χ3n) is 3.50. The van der Waals surface area contributed by atoms with Crippen LogP contribution in [0.2, 0.25) is 0 Å². The Balaban J connectivity index is 1.67. The predicted octanol–water partition coefficient (Wildman–Crippen LogP) is 5.30. The fourth-order valence-electron chi connectivity index (χ4n) is 2.32. The minimum Gasteiger partial charge on any atom is -0.450 e. The third kappa shape index (κ3) is 4.50. The quantitative estimate of drug-likeness (QED) is 0.297. The number of fused-ring (bicyclic) bond motifs is 1. The van der Waals surface area contributed by atoms with E-state index in [0.29, 0.717) is 11.1 Å². The molecule has 3 aromatic rings. The molecule has 0 saturated carbocycles. The van der Waals surface area contributed by atoms with Crippen molar-refractivity contribution in [3.05, 3.63) is 78.9 Å². The van der Waals surface area contributed by atoms with Crippen molar-refractivity contribution >= 4 is 66.7 Å². The normalized spacial score (nSPS) is 11.5. The van der Waals surface area contributed by atoms with Gasteiger partial charge in [-0.15, -0.1) is 0 Å². The topological polar surface area (TPSA) is 97.7 Å². The lowest BCUT2D eigenvalue weighted by Crippen LogP contribution is -2.16. The highest BCUT2D eigenvalue weighted by molar-refractivity contribution is 9.11. The van der Waals surface area contributed by atoms with Gasteiger partial charge < -0.3 is 4.42 Å². The van der Waals surface area contributed by atoms with E-state index in [-0.39, 0.29) is 11.4 Å². The first-order chi connectivity index (χ1) is 13.0. The summed E-state index contributed by atoms with van der Waals surface area (Å²) in [6, 6.07) is 11.6. The van der Waals surface area contributed by atoms with Crippen molar-refractivity contribution in [2.24, 2.45) is 5.10 Å². The third-order valence-corrected chi connectivity index (χ3v) is 4.54. The van der Waals surface area contributed by atoms with Crippen molar-refractivity contribution in [1.82, 2.24) is 5.43 Å². The Morgan fingerprint density at radius 2 is 2.00 bits per heavy atom. The van der Waals surface area contributed by atoms with E-state index in [2.05, 4.69) is 42.4 Å². The minimum absolute atomic E-state index is 0.00908. The number of nitrogens with one attached hydrogen (secondary N) is 1. The maximum absolute atomic E-state index is 12.1. The molecule has 1 aromatic heterocycles. The molecular formula is C18H11Br2N3O4. The van der Waals surface area contributed by atoms with Crippen molar-refractivity contribution in [2.75, 3.05) is 0 Å². The highest BCUT2D eigenvalue weighted by Crippen LogP contribution is 2.30. The lowest BCUT2D eigenvalue weighted by atomic mass is 10.2. The first-order valence-corrected chi connectivity index (χ1v) is 9.16. The van der Waals surface area contributed by atoms with Crippen LogP contribution in [0.25, 0.3) is 17.0 Å². The van der Waals surface area contributed by atoms with Gasteiger partial charge in [0.2, 0.25) is 0 Å². The van der Waals surface area contributed by atoms with Gasteiger partial charge in [0.25, 0.3) is 5.69 Å². The number of para-hydroxylation sites is 1. The Morgan fingerprint density at radius 1 is 1.22 bits per heavy atom. The van der Waals surface area contributed by atoms with E-state index in [4.69, 9.17) is 4.42 Å². The molecule has 1 N–H and O–H groups in total. The number of nitro groups is 1. The number of allylic oxidation sites excluding steroid dienone is 1. The summed E-state index contributed by atoms with van der Waals surface area (Å²) < 4.78 is 7.12. The molecule has 1 amide bonds. The molecule has 27 heavy (non-hydrogen) atoms. The number of carbonyl (C=O) groups excluding carboxylic acids is 1. The van der Waals surface area contributed by atoms with Crippen LogP contribution in [0.1, 0.15) is 16.1 Å². The molecule has 0 saturated heterocycles. The van der Waals surface area contributed by atoms with E-state index in [1.807, 2.05) is 12.1 Å². The molecule has 0 aliphatic heterocycles. The Kier molecular flexibility index (Phi) is 5.82. The number of nitrogens with zero attached hydrogens (tertiary/aromatic N) is 2. The molecule has 7 nitrogen and oxygen atoms in total. The summed E-state index contributed by atoms with van der Waals surface area (Å²) in [7, 11) is 0. The highest BCUT2D eigenvalue weighted by atomic mass is 79.9. The molecule has 1 heterocycles. The van der Waals surface area contributed by atoms with Gasteiger partial charge in [0.15, 0.2) is 5.76 Å². The van der Waals surface area contributed by atoms with Gasteiger partial charge in [0.1, 0.15) is 5.58 Å². The number of rotatable bonds is 5. The Labute approximate surface area is 170 Å². The van der Waals surface area contributed by atoms with E-state index in [1.165, 1.54) is 24.4 Å². The number of benzene rings is 2. The van der Waals surface area contributed by atoms with E-state index < -0.39 is 10.8 Å². The predicted molar refractivity (Wildman–Crippen MR) is 110 cm³/mol. The van der Waals surface area contributed by atoms with Crippen LogP contribution in [0.4, 0.5) is 5.69 Å². The van der Waals surface area contributed by atoms with Crippen LogP contribution < -0.4 is 5.43 Å². The molecule has 2 aromatic carbocycles. The minimum atomic E-state index is -0.510. The van der Waals surface area contributed by atoms with Gasteiger partial charge in [-0.05, 0) is 52.3 Å². The second kappa shape index (κ2) is 8.28. The summed E-state index contributed by atoms with van der Waals surface area (Å²) in [6.45, 7) is 0. The summed E-state index contributed by atoms with van der Waals surface area (Å²) in [6.07, 6.45) is 4.35. The molecular weight excluding hydrogens is 482 g/mol. The zero-order chi connectivity index (χ0) is 19.4. The molecule has 3 rings (SSSR count). The zero-order valence-electron chi connectivity index (χ0n) is 13.6. The summed E-state index contributed by atoms with van der Waals surface area (Å²) in [5, 5.41) is 15.5. The van der Waals surface area contributed by atoms with Crippen LogP contribution in [-0.2, 0) is 0 Å². The summed E-state index contributed by atoms with van der Waals surface area (Å²) in [5.74, 6) is -0.395. The van der Waals surface area contributed by atoms with E-state index >= 15 is 0 Å². The fourth-order valence-corrected chi connectivity index (χ4v) is 3.66. The van der Waals surface area contributed by atoms with Crippen LogP contribution in [0.15, 0.2) is 67.0 Å². The standard InChI is InChI=1S/C18H11Br2N3O4/c19-13-8-12-9-16(27-17(12)14(20)10-13)18(24)22-21-7-3-5-11-4-1-2-6-15(11)23(25)26/h1-10H,(H,22,24)/b5-3+,21-7-. The molecule has 0 atom stereocenters. The second-order valence-electron chi connectivity index (χ2n) is 5.31. The van der Waals surface area contributed by atoms with Crippen molar-refractivity contribution in [3.8, 4) is 0 Å². The first kappa shape index (κ1) is 19.0. The van der Waals surface area contributed by atoms with Gasteiger partial charge in [-0.2, -0.15) is 5.10 Å². The number of carbonyl (C=O) groups is 1. The molecule has 0 radical (unpaired) electrons. The molecule has 0 fully saturated rings. The molecule has 0 spiro atoms. The van der Waals surface area contributed by atoms with Crippen molar-refractivity contribution in [2.45, 2.75) is 0 Å². The first-order valence-electron chi connectivity index (χ1n) is 7.58. The van der Waals surface area contributed by atoms with Crippen LogP contribution >= 0.6 is 31.9 Å². The second-order valence-corrected chi connectivity index (χ2v) is 7.08. The molecule has 0 aliphatic carbocycles. The van der Waals surface area contributed by atoms with E-state index in [0.717, 1.165) is 14.3 Å². The van der Waals surface area contributed by atoms with Crippen LogP contribution in [0, 0.1) is 10.1 Å². The largest absolute Gasteiger partial charge is 0.450 e. The van der Waals surface area contributed by atoms with E-state index in [9.17, 15) is 14.9 Å². The number of hydrogen-bond donors (Lipinski definition) is 1. The maximum atomic E-state index is 12.1.